The standard InChI is InChI=1S/C12H28O2Si/c1-6-9-11-15(5,13-8-3)14-12(4)10-7-2/h12H,6-11H2,1-5H3. The lowest BCUT2D eigenvalue weighted by Crippen LogP contribution is -2.41. The molecule has 0 spiro atoms. The summed E-state index contributed by atoms with van der Waals surface area (Å²) in [5.41, 5.74) is 0. The van der Waals surface area contributed by atoms with Crippen molar-refractivity contribution < 1.29 is 8.85 Å². The molecule has 0 fully saturated rings. The van der Waals surface area contributed by atoms with Crippen LogP contribution < -0.4 is 0 Å². The zero-order valence-corrected chi connectivity index (χ0v) is 12.1. The fraction of sp³-hybridized carbons (Fsp3) is 1.00. The normalized spacial score (nSPS) is 17.4. The van der Waals surface area contributed by atoms with Crippen LogP contribution in [0.3, 0.4) is 0 Å². The van der Waals surface area contributed by atoms with Crippen LogP contribution in [-0.2, 0) is 8.85 Å². The van der Waals surface area contributed by atoms with E-state index < -0.39 is 8.56 Å². The topological polar surface area (TPSA) is 18.5 Å². The minimum Gasteiger partial charge on any atom is -0.395 e. The van der Waals surface area contributed by atoms with Gasteiger partial charge in [-0.3, -0.25) is 0 Å². The Morgan fingerprint density at radius 1 is 1.13 bits per heavy atom. The molecule has 2 atom stereocenters. The van der Waals surface area contributed by atoms with Crippen LogP contribution in [0.25, 0.3) is 0 Å². The molecule has 0 saturated heterocycles. The molecule has 0 aromatic rings. The molecular weight excluding hydrogens is 204 g/mol. The van der Waals surface area contributed by atoms with Gasteiger partial charge in [-0.05, 0) is 32.9 Å². The summed E-state index contributed by atoms with van der Waals surface area (Å²) < 4.78 is 12.0. The Labute approximate surface area is 96.6 Å². The van der Waals surface area contributed by atoms with E-state index in [1.165, 1.54) is 19.3 Å². The number of hydrogen-bond donors (Lipinski definition) is 0. The smallest absolute Gasteiger partial charge is 0.335 e. The highest BCUT2D eigenvalue weighted by Crippen LogP contribution is 2.20. The number of hydrogen-bond acceptors (Lipinski definition) is 2. The van der Waals surface area contributed by atoms with Gasteiger partial charge in [-0.25, -0.2) is 0 Å². The predicted molar refractivity (Wildman–Crippen MR) is 68.4 cm³/mol. The van der Waals surface area contributed by atoms with Gasteiger partial charge in [-0.15, -0.1) is 0 Å². The first-order valence-corrected chi connectivity index (χ1v) is 8.92. The molecule has 0 aliphatic rings. The van der Waals surface area contributed by atoms with E-state index in [0.717, 1.165) is 19.1 Å². The average molecular weight is 232 g/mol. The van der Waals surface area contributed by atoms with Gasteiger partial charge in [-0.2, -0.15) is 0 Å². The summed E-state index contributed by atoms with van der Waals surface area (Å²) in [6, 6.07) is 1.13. The van der Waals surface area contributed by atoms with Crippen LogP contribution in [-0.4, -0.2) is 21.3 Å². The Kier molecular flexibility index (Phi) is 8.38. The predicted octanol–water partition coefficient (Wildman–Crippen LogP) is 4.10. The lowest BCUT2D eigenvalue weighted by atomic mass is 10.2. The van der Waals surface area contributed by atoms with Crippen molar-refractivity contribution in [3.63, 3.8) is 0 Å². The van der Waals surface area contributed by atoms with Gasteiger partial charge in [0.1, 0.15) is 0 Å². The molecule has 0 aliphatic heterocycles. The van der Waals surface area contributed by atoms with Crippen LogP contribution in [0.2, 0.25) is 12.6 Å². The molecule has 0 aliphatic carbocycles. The second-order valence-electron chi connectivity index (χ2n) is 4.39. The molecule has 2 unspecified atom stereocenters. The van der Waals surface area contributed by atoms with E-state index >= 15 is 0 Å². The van der Waals surface area contributed by atoms with Crippen LogP contribution in [0.5, 0.6) is 0 Å². The monoisotopic (exact) mass is 232 g/mol. The van der Waals surface area contributed by atoms with Gasteiger partial charge in [0, 0.05) is 12.7 Å². The van der Waals surface area contributed by atoms with Crippen molar-refractivity contribution in [3.8, 4) is 0 Å². The fourth-order valence-corrected chi connectivity index (χ4v) is 4.77. The molecule has 92 valence electrons. The molecule has 0 N–H and O–H groups in total. The molecule has 0 heterocycles. The summed E-state index contributed by atoms with van der Waals surface area (Å²) in [4.78, 5) is 0. The van der Waals surface area contributed by atoms with Crippen molar-refractivity contribution in [2.24, 2.45) is 0 Å². The van der Waals surface area contributed by atoms with E-state index in [2.05, 4.69) is 34.2 Å². The summed E-state index contributed by atoms with van der Waals surface area (Å²) in [6.45, 7) is 11.6. The largest absolute Gasteiger partial charge is 0.395 e. The van der Waals surface area contributed by atoms with Gasteiger partial charge in [0.2, 0.25) is 0 Å². The SMILES string of the molecule is CCCC[Si](C)(OCC)OC(C)CCC. The van der Waals surface area contributed by atoms with Crippen LogP contribution >= 0.6 is 0 Å². The molecule has 2 nitrogen and oxygen atoms in total. The Bertz CT molecular complexity index is 153. The van der Waals surface area contributed by atoms with E-state index in [1.807, 2.05) is 0 Å². The highest BCUT2D eigenvalue weighted by Gasteiger charge is 2.32. The lowest BCUT2D eigenvalue weighted by molar-refractivity contribution is 0.124. The Morgan fingerprint density at radius 3 is 2.27 bits per heavy atom. The van der Waals surface area contributed by atoms with Crippen molar-refractivity contribution in [3.05, 3.63) is 0 Å². The first-order valence-electron chi connectivity index (χ1n) is 6.39. The van der Waals surface area contributed by atoms with Crippen molar-refractivity contribution in [1.29, 1.82) is 0 Å². The number of unbranched alkanes of at least 4 members (excludes halogenated alkanes) is 1. The van der Waals surface area contributed by atoms with Crippen LogP contribution in [0, 0.1) is 0 Å². The molecule has 0 radical (unpaired) electrons. The van der Waals surface area contributed by atoms with Crippen molar-refractivity contribution >= 4 is 8.56 Å². The number of rotatable bonds is 9. The second kappa shape index (κ2) is 8.31. The molecule has 0 saturated carbocycles. The highest BCUT2D eigenvalue weighted by molar-refractivity contribution is 6.66. The van der Waals surface area contributed by atoms with Gasteiger partial charge in [0.05, 0.1) is 0 Å². The zero-order chi connectivity index (χ0) is 11.7. The maximum absolute atomic E-state index is 6.14. The molecule has 3 heteroatoms. The Hall–Kier alpha value is 0.137. The van der Waals surface area contributed by atoms with Gasteiger partial charge in [-0.1, -0.05) is 33.1 Å². The minimum atomic E-state index is -1.87. The third-order valence-electron chi connectivity index (χ3n) is 2.58. The minimum absolute atomic E-state index is 0.357. The molecule has 0 bridgehead atoms. The summed E-state index contributed by atoms with van der Waals surface area (Å²) in [5.74, 6) is 0. The summed E-state index contributed by atoms with van der Waals surface area (Å²) >= 11 is 0. The van der Waals surface area contributed by atoms with Crippen LogP contribution in [0.1, 0.15) is 53.4 Å². The highest BCUT2D eigenvalue weighted by atomic mass is 28.4. The van der Waals surface area contributed by atoms with Gasteiger partial charge in [0.25, 0.3) is 0 Å². The fourth-order valence-electron chi connectivity index (χ4n) is 1.86. The van der Waals surface area contributed by atoms with Crippen LogP contribution in [0.4, 0.5) is 0 Å². The first kappa shape index (κ1) is 15.1. The van der Waals surface area contributed by atoms with Crippen molar-refractivity contribution in [2.45, 2.75) is 72.1 Å². The van der Waals surface area contributed by atoms with Crippen molar-refractivity contribution in [2.75, 3.05) is 6.61 Å². The quantitative estimate of drug-likeness (QED) is 0.557. The third kappa shape index (κ3) is 7.09. The van der Waals surface area contributed by atoms with Gasteiger partial charge in [0.15, 0.2) is 0 Å². The molecule has 0 amide bonds. The summed E-state index contributed by atoms with van der Waals surface area (Å²) in [7, 11) is -1.87. The molecule has 0 aromatic heterocycles. The molecule has 0 aromatic carbocycles. The van der Waals surface area contributed by atoms with E-state index in [0.29, 0.717) is 6.10 Å². The first-order chi connectivity index (χ1) is 7.08. The maximum atomic E-state index is 6.14. The summed E-state index contributed by atoms with van der Waals surface area (Å²) in [6.07, 6.45) is 5.13. The van der Waals surface area contributed by atoms with E-state index in [4.69, 9.17) is 8.85 Å². The molecular formula is C12H28O2Si. The second-order valence-corrected chi connectivity index (χ2v) is 7.68. The molecule has 0 rings (SSSR count). The van der Waals surface area contributed by atoms with Gasteiger partial charge >= 0.3 is 8.56 Å². The Balaban J connectivity index is 4.09. The van der Waals surface area contributed by atoms with E-state index in [9.17, 15) is 0 Å². The maximum Gasteiger partial charge on any atom is 0.335 e. The summed E-state index contributed by atoms with van der Waals surface area (Å²) in [5, 5.41) is 0. The van der Waals surface area contributed by atoms with E-state index in [1.54, 1.807) is 0 Å². The van der Waals surface area contributed by atoms with Crippen molar-refractivity contribution in [1.82, 2.24) is 0 Å². The molecule has 15 heavy (non-hydrogen) atoms. The third-order valence-corrected chi connectivity index (χ3v) is 5.64. The Morgan fingerprint density at radius 2 is 1.80 bits per heavy atom. The zero-order valence-electron chi connectivity index (χ0n) is 11.1. The van der Waals surface area contributed by atoms with Gasteiger partial charge < -0.3 is 8.85 Å². The lowest BCUT2D eigenvalue weighted by Gasteiger charge is -2.30. The van der Waals surface area contributed by atoms with Crippen LogP contribution in [0.15, 0.2) is 0 Å². The average Bonchev–Trinajstić information content (AvgIpc) is 2.15. The van der Waals surface area contributed by atoms with E-state index in [-0.39, 0.29) is 0 Å².